The zero-order valence-corrected chi connectivity index (χ0v) is 16.4. The van der Waals surface area contributed by atoms with Crippen LogP contribution in [0.5, 0.6) is 0 Å². The lowest BCUT2D eigenvalue weighted by molar-refractivity contribution is 0.568. The summed E-state index contributed by atoms with van der Waals surface area (Å²) >= 11 is 5.91. The van der Waals surface area contributed by atoms with E-state index in [-0.39, 0.29) is 4.90 Å². The Morgan fingerprint density at radius 1 is 1.19 bits per heavy atom. The van der Waals surface area contributed by atoms with Gasteiger partial charge in [-0.15, -0.1) is 0 Å². The minimum Gasteiger partial charge on any atom is -0.361 e. The Bertz CT molecular complexity index is 882. The molecule has 0 bridgehead atoms. The van der Waals surface area contributed by atoms with Crippen molar-refractivity contribution in [3.63, 3.8) is 0 Å². The average Bonchev–Trinajstić information content (AvgIpc) is 2.62. The summed E-state index contributed by atoms with van der Waals surface area (Å²) in [7, 11) is -0.146. The molecule has 1 saturated heterocycles. The van der Waals surface area contributed by atoms with Crippen LogP contribution in [0.25, 0.3) is 0 Å². The van der Waals surface area contributed by atoms with Gasteiger partial charge in [0.15, 0.2) is 5.82 Å². The first-order valence-corrected chi connectivity index (χ1v) is 10.3. The zero-order valence-electron chi connectivity index (χ0n) is 14.8. The third kappa shape index (κ3) is 4.19. The Hall–Kier alpha value is -2.06. The number of nitrogens with zero attached hydrogens (tertiary/aromatic N) is 4. The second kappa shape index (κ2) is 7.67. The van der Waals surface area contributed by atoms with E-state index in [0.717, 1.165) is 25.9 Å². The van der Waals surface area contributed by atoms with Gasteiger partial charge in [0, 0.05) is 32.2 Å². The first kappa shape index (κ1) is 18.7. The highest BCUT2D eigenvalue weighted by Gasteiger charge is 2.21. The molecule has 1 N–H and O–H groups in total. The van der Waals surface area contributed by atoms with E-state index in [1.54, 1.807) is 17.0 Å². The molecule has 0 aliphatic carbocycles. The molecule has 26 heavy (non-hydrogen) atoms. The smallest absolute Gasteiger partial charge is 0.262 e. The highest BCUT2D eigenvalue weighted by atomic mass is 35.5. The summed E-state index contributed by atoms with van der Waals surface area (Å²) in [5.74, 6) is 1.14. The van der Waals surface area contributed by atoms with Gasteiger partial charge < -0.3 is 9.80 Å². The molecule has 7 nitrogen and oxygen atoms in total. The number of nitrogens with one attached hydrogen (secondary N) is 1. The Labute approximate surface area is 159 Å². The Morgan fingerprint density at radius 3 is 2.58 bits per heavy atom. The van der Waals surface area contributed by atoms with Gasteiger partial charge in [0.1, 0.15) is 5.69 Å². The van der Waals surface area contributed by atoms with E-state index in [4.69, 9.17) is 11.6 Å². The van der Waals surface area contributed by atoms with E-state index in [9.17, 15) is 8.42 Å². The Balaban J connectivity index is 1.91. The average molecular weight is 396 g/mol. The maximum atomic E-state index is 12.7. The summed E-state index contributed by atoms with van der Waals surface area (Å²) < 4.78 is 27.9. The fourth-order valence-electron chi connectivity index (χ4n) is 2.86. The van der Waals surface area contributed by atoms with Crippen molar-refractivity contribution in [1.29, 1.82) is 0 Å². The molecule has 1 aromatic heterocycles. The molecule has 1 aliphatic rings. The van der Waals surface area contributed by atoms with Crippen LogP contribution in [0, 0.1) is 0 Å². The number of piperidine rings is 1. The largest absolute Gasteiger partial charge is 0.361 e. The van der Waals surface area contributed by atoms with E-state index < -0.39 is 10.0 Å². The predicted molar refractivity (Wildman–Crippen MR) is 105 cm³/mol. The molecule has 0 saturated carbocycles. The number of sulfonamides is 1. The van der Waals surface area contributed by atoms with Gasteiger partial charge in [0.25, 0.3) is 10.0 Å². The maximum absolute atomic E-state index is 12.7. The van der Waals surface area contributed by atoms with Gasteiger partial charge in [-0.2, -0.15) is 4.98 Å². The topological polar surface area (TPSA) is 78.4 Å². The molecule has 140 valence electrons. The van der Waals surface area contributed by atoms with Crippen molar-refractivity contribution < 1.29 is 8.42 Å². The van der Waals surface area contributed by atoms with Crippen molar-refractivity contribution in [2.45, 2.75) is 24.2 Å². The zero-order chi connectivity index (χ0) is 18.7. The molecule has 0 radical (unpaired) electrons. The third-order valence-electron chi connectivity index (χ3n) is 4.17. The summed E-state index contributed by atoms with van der Waals surface area (Å²) in [5, 5.41) is 0.359. The summed E-state index contributed by atoms with van der Waals surface area (Å²) in [4.78, 5) is 12.9. The van der Waals surface area contributed by atoms with E-state index >= 15 is 0 Å². The molecular weight excluding hydrogens is 374 g/mol. The maximum Gasteiger partial charge on any atom is 0.262 e. The lowest BCUT2D eigenvalue weighted by atomic mass is 10.1. The van der Waals surface area contributed by atoms with E-state index in [1.165, 1.54) is 24.8 Å². The van der Waals surface area contributed by atoms with Crippen LogP contribution in [0.1, 0.15) is 19.3 Å². The van der Waals surface area contributed by atoms with Crippen molar-refractivity contribution >= 4 is 39.1 Å². The molecule has 0 amide bonds. The molecule has 0 spiro atoms. The van der Waals surface area contributed by atoms with Crippen LogP contribution >= 0.6 is 11.6 Å². The van der Waals surface area contributed by atoms with Crippen molar-refractivity contribution in [2.75, 3.05) is 41.7 Å². The van der Waals surface area contributed by atoms with Gasteiger partial charge in [-0.3, -0.25) is 4.72 Å². The standard InChI is InChI=1S/C17H22ClN5O2S/c1-22(2)16-15(12-19-17(20-16)23-9-4-3-5-10-23)21-26(24,25)14-8-6-7-13(18)11-14/h6-8,11-12,21H,3-5,9-10H2,1-2H3. The monoisotopic (exact) mass is 395 g/mol. The Kier molecular flexibility index (Phi) is 5.52. The van der Waals surface area contributed by atoms with E-state index in [1.807, 2.05) is 14.1 Å². The SMILES string of the molecule is CN(C)c1nc(N2CCCCC2)ncc1NS(=O)(=O)c1cccc(Cl)c1. The van der Waals surface area contributed by atoms with Gasteiger partial charge in [-0.1, -0.05) is 17.7 Å². The quantitative estimate of drug-likeness (QED) is 0.838. The van der Waals surface area contributed by atoms with Crippen LogP contribution in [-0.4, -0.2) is 45.6 Å². The molecule has 0 unspecified atom stereocenters. The molecule has 1 aliphatic heterocycles. The number of rotatable bonds is 5. The summed E-state index contributed by atoms with van der Waals surface area (Å²) in [6.45, 7) is 1.83. The van der Waals surface area contributed by atoms with Gasteiger partial charge >= 0.3 is 0 Å². The van der Waals surface area contributed by atoms with Crippen LogP contribution in [-0.2, 0) is 10.0 Å². The molecular formula is C17H22ClN5O2S. The predicted octanol–water partition coefficient (Wildman–Crippen LogP) is 2.99. The molecule has 3 rings (SSSR count). The van der Waals surface area contributed by atoms with Gasteiger partial charge in [0.2, 0.25) is 5.95 Å². The highest BCUT2D eigenvalue weighted by molar-refractivity contribution is 7.92. The first-order valence-electron chi connectivity index (χ1n) is 8.44. The van der Waals surface area contributed by atoms with E-state index in [0.29, 0.717) is 22.5 Å². The van der Waals surface area contributed by atoms with Crippen molar-refractivity contribution in [3.8, 4) is 0 Å². The summed E-state index contributed by atoms with van der Waals surface area (Å²) in [6, 6.07) is 6.12. The minimum absolute atomic E-state index is 0.0924. The van der Waals surface area contributed by atoms with Gasteiger partial charge in [-0.05, 0) is 37.5 Å². The van der Waals surface area contributed by atoms with Crippen LogP contribution in [0.15, 0.2) is 35.4 Å². The lowest BCUT2D eigenvalue weighted by Crippen LogP contribution is -2.31. The minimum atomic E-state index is -3.78. The molecule has 9 heteroatoms. The number of halogens is 1. The summed E-state index contributed by atoms with van der Waals surface area (Å²) in [6.07, 6.45) is 4.97. The lowest BCUT2D eigenvalue weighted by Gasteiger charge is -2.28. The molecule has 2 aromatic rings. The molecule has 0 atom stereocenters. The van der Waals surface area contributed by atoms with Crippen LogP contribution < -0.4 is 14.5 Å². The molecule has 1 aromatic carbocycles. The third-order valence-corrected chi connectivity index (χ3v) is 5.77. The van der Waals surface area contributed by atoms with Crippen molar-refractivity contribution in [2.24, 2.45) is 0 Å². The van der Waals surface area contributed by atoms with Gasteiger partial charge in [-0.25, -0.2) is 13.4 Å². The van der Waals surface area contributed by atoms with Crippen LogP contribution in [0.4, 0.5) is 17.5 Å². The number of benzene rings is 1. The second-order valence-electron chi connectivity index (χ2n) is 6.41. The second-order valence-corrected chi connectivity index (χ2v) is 8.53. The normalized spacial score (nSPS) is 15.0. The number of anilines is 3. The number of aromatic nitrogens is 2. The number of hydrogen-bond donors (Lipinski definition) is 1. The highest BCUT2D eigenvalue weighted by Crippen LogP contribution is 2.27. The van der Waals surface area contributed by atoms with Crippen LogP contribution in [0.3, 0.4) is 0 Å². The summed E-state index contributed by atoms with van der Waals surface area (Å²) in [5.41, 5.74) is 0.329. The van der Waals surface area contributed by atoms with Crippen LogP contribution in [0.2, 0.25) is 5.02 Å². The fourth-order valence-corrected chi connectivity index (χ4v) is 4.21. The Morgan fingerprint density at radius 2 is 1.92 bits per heavy atom. The van der Waals surface area contributed by atoms with Crippen molar-refractivity contribution in [3.05, 3.63) is 35.5 Å². The van der Waals surface area contributed by atoms with Gasteiger partial charge in [0.05, 0.1) is 11.1 Å². The number of hydrogen-bond acceptors (Lipinski definition) is 6. The molecule has 2 heterocycles. The first-order chi connectivity index (χ1) is 12.4. The van der Waals surface area contributed by atoms with E-state index in [2.05, 4.69) is 19.6 Å². The van der Waals surface area contributed by atoms with Crippen molar-refractivity contribution in [1.82, 2.24) is 9.97 Å². The molecule has 1 fully saturated rings. The fraction of sp³-hybridized carbons (Fsp3) is 0.412.